The van der Waals surface area contributed by atoms with Gasteiger partial charge in [-0.1, -0.05) is 29.8 Å². The highest BCUT2D eigenvalue weighted by Gasteiger charge is 2.31. The predicted molar refractivity (Wildman–Crippen MR) is 98.8 cm³/mol. The molecule has 2 heterocycles. The molecule has 2 aromatic rings. The molecule has 1 aromatic heterocycles. The van der Waals surface area contributed by atoms with Crippen LogP contribution in [0.15, 0.2) is 27.7 Å². The topological polar surface area (TPSA) is 91.9 Å². The smallest absolute Gasteiger partial charge is 0.327 e. The number of carbonyl (C=O) groups excluding carboxylic acids is 1. The van der Waals surface area contributed by atoms with Crippen molar-refractivity contribution >= 4 is 56.9 Å². The summed E-state index contributed by atoms with van der Waals surface area (Å²) in [6, 6.07) is 4.19. The van der Waals surface area contributed by atoms with E-state index < -0.39 is 17.9 Å². The maximum absolute atomic E-state index is 12.4. The number of hydrogen-bond acceptors (Lipinski definition) is 5. The Balaban J connectivity index is 2.32. The fraction of sp³-hybridized carbons (Fsp3) is 0.250. The maximum atomic E-state index is 12.4. The van der Waals surface area contributed by atoms with Crippen molar-refractivity contribution < 1.29 is 19.8 Å². The second kappa shape index (κ2) is 6.47. The van der Waals surface area contributed by atoms with Crippen molar-refractivity contribution in [3.8, 4) is 5.88 Å². The Labute approximate surface area is 159 Å². The molecule has 1 atom stereocenters. The Morgan fingerprint density at radius 3 is 2.68 bits per heavy atom. The van der Waals surface area contributed by atoms with Crippen molar-refractivity contribution in [1.29, 1.82) is 0 Å². The number of aromatic nitrogens is 1. The quantitative estimate of drug-likeness (QED) is 0.711. The van der Waals surface area contributed by atoms with Gasteiger partial charge in [-0.15, -0.1) is 11.3 Å². The molecule has 0 unspecified atom stereocenters. The summed E-state index contributed by atoms with van der Waals surface area (Å²) in [5.74, 6) is -2.19. The molecule has 1 amide bonds. The number of thiazole rings is 1. The lowest BCUT2D eigenvalue weighted by atomic mass is 10.0. The summed E-state index contributed by atoms with van der Waals surface area (Å²) in [7, 11) is 0. The van der Waals surface area contributed by atoms with Gasteiger partial charge in [-0.2, -0.15) is 0 Å². The van der Waals surface area contributed by atoms with Gasteiger partial charge in [-0.25, -0.2) is 9.79 Å². The maximum Gasteiger partial charge on any atom is 0.327 e. The first-order valence-corrected chi connectivity index (χ1v) is 9.34. The highest BCUT2D eigenvalue weighted by atomic mass is 79.9. The molecule has 0 bridgehead atoms. The van der Waals surface area contributed by atoms with E-state index in [1.54, 1.807) is 32.0 Å². The molecule has 0 fully saturated rings. The van der Waals surface area contributed by atoms with Gasteiger partial charge in [0, 0.05) is 9.69 Å². The minimum Gasteiger partial charge on any atom is -0.493 e. The minimum absolute atomic E-state index is 0.192. The zero-order valence-electron chi connectivity index (χ0n) is 13.2. The summed E-state index contributed by atoms with van der Waals surface area (Å²) in [5, 5.41) is 21.2. The van der Waals surface area contributed by atoms with E-state index in [2.05, 4.69) is 20.9 Å². The number of hydrogen-bond donors (Lipinski definition) is 2. The lowest BCUT2D eigenvalue weighted by Gasteiger charge is -2.18. The van der Waals surface area contributed by atoms with Crippen LogP contribution in [0.1, 0.15) is 24.8 Å². The number of rotatable bonds is 4. The summed E-state index contributed by atoms with van der Waals surface area (Å²) in [6.07, 6.45) is 0. The Morgan fingerprint density at radius 1 is 1.40 bits per heavy atom. The van der Waals surface area contributed by atoms with Crippen LogP contribution < -0.4 is 10.6 Å². The summed E-state index contributed by atoms with van der Waals surface area (Å²) in [6.45, 7) is 3.46. The highest BCUT2D eigenvalue weighted by Crippen LogP contribution is 2.36. The van der Waals surface area contributed by atoms with Gasteiger partial charge in [0.2, 0.25) is 5.88 Å². The average Bonchev–Trinajstić information content (AvgIpc) is 2.96. The standard InChI is InChI=1S/C16H13BrN2O4S2/c1-6(2)11(15(22)23)19-14(21)12(25-16(19)24)10-8-5-7(17)3-4-9(8)18-13(10)20/h3-6,11,21H,1-2H3,(H,22,23)/t11-/m0/s1. The lowest BCUT2D eigenvalue weighted by Crippen LogP contribution is -2.24. The van der Waals surface area contributed by atoms with Crippen LogP contribution in [0, 0.1) is 9.87 Å². The van der Waals surface area contributed by atoms with Gasteiger partial charge in [0.1, 0.15) is 10.9 Å². The summed E-state index contributed by atoms with van der Waals surface area (Å²) >= 11 is 9.63. The van der Waals surface area contributed by atoms with Crippen molar-refractivity contribution in [2.24, 2.45) is 10.9 Å². The van der Waals surface area contributed by atoms with Gasteiger partial charge < -0.3 is 10.2 Å². The molecule has 6 nitrogen and oxygen atoms in total. The number of carbonyl (C=O) groups is 2. The average molecular weight is 441 g/mol. The Morgan fingerprint density at radius 2 is 2.08 bits per heavy atom. The molecule has 1 aliphatic heterocycles. The van der Waals surface area contributed by atoms with Gasteiger partial charge in [-0.05, 0) is 36.3 Å². The first-order chi connectivity index (χ1) is 11.7. The van der Waals surface area contributed by atoms with Crippen LogP contribution >= 0.6 is 39.5 Å². The van der Waals surface area contributed by atoms with Crippen molar-refractivity contribution in [3.05, 3.63) is 42.1 Å². The van der Waals surface area contributed by atoms with Crippen molar-refractivity contribution in [2.75, 3.05) is 0 Å². The van der Waals surface area contributed by atoms with E-state index in [0.29, 0.717) is 10.6 Å². The number of aliphatic carboxylic acids is 1. The molecule has 0 spiro atoms. The van der Waals surface area contributed by atoms with Crippen LogP contribution in [0.4, 0.5) is 0 Å². The fourth-order valence-corrected chi connectivity index (χ4v) is 4.56. The number of aromatic hydroxyl groups is 1. The largest absolute Gasteiger partial charge is 0.493 e. The molecular weight excluding hydrogens is 428 g/mol. The Bertz CT molecular complexity index is 1080. The number of carboxylic acids is 1. The molecule has 0 aliphatic carbocycles. The fourth-order valence-electron chi connectivity index (χ4n) is 2.79. The van der Waals surface area contributed by atoms with Crippen LogP contribution in [0.3, 0.4) is 0 Å². The van der Waals surface area contributed by atoms with Gasteiger partial charge in [0.05, 0.1) is 10.9 Å². The third-order valence-corrected chi connectivity index (χ3v) is 5.77. The van der Waals surface area contributed by atoms with Crippen molar-refractivity contribution in [1.82, 2.24) is 4.57 Å². The highest BCUT2D eigenvalue weighted by molar-refractivity contribution is 9.10. The van der Waals surface area contributed by atoms with E-state index in [-0.39, 0.29) is 26.2 Å². The van der Waals surface area contributed by atoms with Gasteiger partial charge in [0.15, 0.2) is 3.95 Å². The van der Waals surface area contributed by atoms with Crippen molar-refractivity contribution in [3.63, 3.8) is 0 Å². The SMILES string of the molecule is CC(C)[C@@H](C(=O)O)n1c(O)c(C2=c3cc(Br)ccc3=NC2=O)sc1=S. The third kappa shape index (κ3) is 2.96. The monoisotopic (exact) mass is 440 g/mol. The minimum atomic E-state index is -1.10. The molecule has 130 valence electrons. The number of nitrogens with zero attached hydrogens (tertiary/aromatic N) is 2. The second-order valence-corrected chi connectivity index (χ2v) is 8.43. The number of fused-ring (bicyclic) bond motifs is 1. The molecule has 0 radical (unpaired) electrons. The number of benzene rings is 1. The van der Waals surface area contributed by atoms with Crippen LogP contribution in [-0.2, 0) is 9.59 Å². The van der Waals surface area contributed by atoms with Gasteiger partial charge >= 0.3 is 5.97 Å². The zero-order chi connectivity index (χ0) is 18.5. The molecule has 9 heteroatoms. The molecular formula is C16H13BrN2O4S2. The molecule has 25 heavy (non-hydrogen) atoms. The molecule has 2 N–H and O–H groups in total. The van der Waals surface area contributed by atoms with E-state index >= 15 is 0 Å². The molecule has 0 saturated carbocycles. The van der Waals surface area contributed by atoms with E-state index in [9.17, 15) is 19.8 Å². The first-order valence-electron chi connectivity index (χ1n) is 7.32. The van der Waals surface area contributed by atoms with Crippen LogP contribution in [0.2, 0.25) is 0 Å². The van der Waals surface area contributed by atoms with E-state index in [1.807, 2.05) is 0 Å². The van der Waals surface area contributed by atoms with Gasteiger partial charge in [0.25, 0.3) is 5.91 Å². The number of halogens is 1. The van der Waals surface area contributed by atoms with Crippen LogP contribution in [-0.4, -0.2) is 26.7 Å². The van der Waals surface area contributed by atoms with E-state index in [4.69, 9.17) is 12.2 Å². The summed E-state index contributed by atoms with van der Waals surface area (Å²) in [4.78, 5) is 28.2. The number of carboxylic acid groups (broad SMARTS) is 1. The third-order valence-electron chi connectivity index (χ3n) is 3.87. The Hall–Kier alpha value is -1.84. The lowest BCUT2D eigenvalue weighted by molar-refractivity contribution is -0.142. The molecule has 0 saturated heterocycles. The second-order valence-electron chi connectivity index (χ2n) is 5.87. The molecule has 3 rings (SSSR count). The van der Waals surface area contributed by atoms with Crippen LogP contribution in [0.5, 0.6) is 5.88 Å². The predicted octanol–water partition coefficient (Wildman–Crippen LogP) is 2.39. The summed E-state index contributed by atoms with van der Waals surface area (Å²) in [5.41, 5.74) is 0.233. The van der Waals surface area contributed by atoms with E-state index in [1.165, 1.54) is 4.57 Å². The summed E-state index contributed by atoms with van der Waals surface area (Å²) < 4.78 is 2.15. The molecule has 1 aliphatic rings. The van der Waals surface area contributed by atoms with E-state index in [0.717, 1.165) is 15.8 Å². The first kappa shape index (κ1) is 18.0. The van der Waals surface area contributed by atoms with Crippen LogP contribution in [0.25, 0.3) is 5.57 Å². The zero-order valence-corrected chi connectivity index (χ0v) is 16.4. The Kier molecular flexibility index (Phi) is 4.65. The number of amides is 1. The normalized spacial score (nSPS) is 14.6. The molecule has 1 aromatic carbocycles. The van der Waals surface area contributed by atoms with Gasteiger partial charge in [-0.3, -0.25) is 9.36 Å². The van der Waals surface area contributed by atoms with Crippen molar-refractivity contribution in [2.45, 2.75) is 19.9 Å².